The second kappa shape index (κ2) is 8.15. The molecule has 2 aromatic rings. The van der Waals surface area contributed by atoms with Crippen LogP contribution in [0.2, 0.25) is 5.02 Å². The van der Waals surface area contributed by atoms with Crippen molar-refractivity contribution in [2.24, 2.45) is 0 Å². The minimum Gasteiger partial charge on any atom is -0.395 e. The minimum absolute atomic E-state index is 0.246. The topological polar surface area (TPSA) is 26.7 Å². The molecule has 2 aromatic carbocycles. The zero-order valence-electron chi connectivity index (χ0n) is 14.7. The lowest BCUT2D eigenvalue weighted by molar-refractivity contribution is 0.120. The van der Waals surface area contributed by atoms with Crippen LogP contribution in [0.5, 0.6) is 0 Å². The molecule has 0 atom stereocenters. The molecule has 0 radical (unpaired) electrons. The fourth-order valence-corrected chi connectivity index (χ4v) is 4.88. The van der Waals surface area contributed by atoms with Crippen molar-refractivity contribution < 1.29 is 5.11 Å². The van der Waals surface area contributed by atoms with Crippen molar-refractivity contribution in [1.29, 1.82) is 0 Å². The van der Waals surface area contributed by atoms with Gasteiger partial charge in [-0.15, -0.1) is 0 Å². The summed E-state index contributed by atoms with van der Waals surface area (Å²) in [4.78, 5) is 7.38. The molecule has 0 aliphatic carbocycles. The first-order valence-corrected chi connectivity index (χ1v) is 10.3. The van der Waals surface area contributed by atoms with Crippen LogP contribution in [-0.4, -0.2) is 60.8 Å². The molecule has 4 rings (SSSR count). The Balaban J connectivity index is 1.58. The predicted octanol–water partition coefficient (Wildman–Crippen LogP) is 3.85. The average Bonchev–Trinajstić information content (AvgIpc) is 2.67. The van der Waals surface area contributed by atoms with Gasteiger partial charge in [-0.2, -0.15) is 0 Å². The quantitative estimate of drug-likeness (QED) is 0.736. The molecule has 26 heavy (non-hydrogen) atoms. The van der Waals surface area contributed by atoms with Crippen LogP contribution in [0.4, 0.5) is 0 Å². The van der Waals surface area contributed by atoms with Gasteiger partial charge in [0, 0.05) is 54.1 Å². The van der Waals surface area contributed by atoms with Crippen LogP contribution in [0, 0.1) is 0 Å². The zero-order chi connectivity index (χ0) is 17.9. The summed E-state index contributed by atoms with van der Waals surface area (Å²) in [6.07, 6.45) is 2.36. The van der Waals surface area contributed by atoms with Gasteiger partial charge in [-0.3, -0.25) is 9.80 Å². The van der Waals surface area contributed by atoms with Gasteiger partial charge in [-0.1, -0.05) is 47.6 Å². The first-order valence-electron chi connectivity index (χ1n) is 9.07. The third-order valence-corrected chi connectivity index (χ3v) is 6.45. The SMILES string of the molecule is OCCN1CCN(C/C=C2\c3ccccc3Sc3ccc(Cl)cc32)CC1. The molecule has 0 spiro atoms. The van der Waals surface area contributed by atoms with Gasteiger partial charge < -0.3 is 5.11 Å². The molecule has 3 nitrogen and oxygen atoms in total. The number of piperazine rings is 1. The summed E-state index contributed by atoms with van der Waals surface area (Å²) in [7, 11) is 0. The molecule has 1 saturated heterocycles. The van der Waals surface area contributed by atoms with E-state index in [1.54, 1.807) is 0 Å². The minimum atomic E-state index is 0.246. The monoisotopic (exact) mass is 386 g/mol. The number of fused-ring (bicyclic) bond motifs is 2. The van der Waals surface area contributed by atoms with E-state index in [0.717, 1.165) is 44.3 Å². The molecular weight excluding hydrogens is 364 g/mol. The standard InChI is InChI=1S/C21H23ClN2OS/c22-16-5-6-21-19(15-16)17(18-3-1-2-4-20(18)26-21)7-8-23-9-11-24(12-10-23)13-14-25/h1-7,15,25H,8-14H2/b17-7+. The number of nitrogens with zero attached hydrogens (tertiary/aromatic N) is 2. The molecule has 0 amide bonds. The lowest BCUT2D eigenvalue weighted by Crippen LogP contribution is -2.47. The van der Waals surface area contributed by atoms with Crippen molar-refractivity contribution in [2.75, 3.05) is 45.9 Å². The third-order valence-electron chi connectivity index (χ3n) is 5.06. The van der Waals surface area contributed by atoms with E-state index in [4.69, 9.17) is 16.7 Å². The normalized spacial score (nSPS) is 19.4. The van der Waals surface area contributed by atoms with E-state index in [0.29, 0.717) is 0 Å². The summed E-state index contributed by atoms with van der Waals surface area (Å²) in [5.74, 6) is 0. The Kier molecular flexibility index (Phi) is 5.67. The highest BCUT2D eigenvalue weighted by atomic mass is 35.5. The molecule has 2 aliphatic rings. The smallest absolute Gasteiger partial charge is 0.0558 e. The fraction of sp³-hybridized carbons (Fsp3) is 0.333. The summed E-state index contributed by atoms with van der Waals surface area (Å²) in [6.45, 7) is 6.11. The Morgan fingerprint density at radius 1 is 0.962 bits per heavy atom. The first-order chi connectivity index (χ1) is 12.7. The summed E-state index contributed by atoms with van der Waals surface area (Å²) in [5, 5.41) is 9.87. The highest BCUT2D eigenvalue weighted by molar-refractivity contribution is 7.99. The number of rotatable bonds is 4. The molecule has 2 aliphatic heterocycles. The molecule has 2 heterocycles. The number of aliphatic hydroxyl groups is 1. The van der Waals surface area contributed by atoms with Crippen LogP contribution in [0.15, 0.2) is 58.3 Å². The second-order valence-electron chi connectivity index (χ2n) is 6.72. The number of benzene rings is 2. The maximum Gasteiger partial charge on any atom is 0.0558 e. The second-order valence-corrected chi connectivity index (χ2v) is 8.24. The van der Waals surface area contributed by atoms with Crippen molar-refractivity contribution in [3.63, 3.8) is 0 Å². The molecule has 1 fully saturated rings. The third kappa shape index (κ3) is 3.85. The van der Waals surface area contributed by atoms with Crippen LogP contribution < -0.4 is 0 Å². The van der Waals surface area contributed by atoms with Crippen molar-refractivity contribution in [1.82, 2.24) is 9.80 Å². The number of hydrogen-bond acceptors (Lipinski definition) is 4. The summed E-state index contributed by atoms with van der Waals surface area (Å²) in [5.41, 5.74) is 3.82. The molecule has 5 heteroatoms. The maximum atomic E-state index is 9.09. The Morgan fingerprint density at radius 2 is 1.69 bits per heavy atom. The van der Waals surface area contributed by atoms with E-state index in [1.807, 2.05) is 17.8 Å². The fourth-order valence-electron chi connectivity index (χ4n) is 3.62. The molecule has 0 unspecified atom stereocenters. The van der Waals surface area contributed by atoms with Crippen LogP contribution >= 0.6 is 23.4 Å². The summed E-state index contributed by atoms with van der Waals surface area (Å²) in [6, 6.07) is 14.8. The summed E-state index contributed by atoms with van der Waals surface area (Å²) >= 11 is 8.11. The van der Waals surface area contributed by atoms with Crippen LogP contribution in [0.3, 0.4) is 0 Å². The first kappa shape index (κ1) is 18.1. The molecule has 1 N–H and O–H groups in total. The van der Waals surface area contributed by atoms with Gasteiger partial charge in [0.15, 0.2) is 0 Å². The van der Waals surface area contributed by atoms with E-state index in [2.05, 4.69) is 52.3 Å². The maximum absolute atomic E-state index is 9.09. The molecule has 0 aromatic heterocycles. The van der Waals surface area contributed by atoms with Crippen LogP contribution in [0.25, 0.3) is 5.57 Å². The zero-order valence-corrected chi connectivity index (χ0v) is 16.3. The average molecular weight is 387 g/mol. The van der Waals surface area contributed by atoms with E-state index in [-0.39, 0.29) is 6.61 Å². The Labute approximate surface area is 164 Å². The van der Waals surface area contributed by atoms with Gasteiger partial charge in [-0.05, 0) is 41.0 Å². The van der Waals surface area contributed by atoms with Gasteiger partial charge in [0.1, 0.15) is 0 Å². The summed E-state index contributed by atoms with van der Waals surface area (Å²) < 4.78 is 0. The van der Waals surface area contributed by atoms with E-state index in [9.17, 15) is 0 Å². The highest BCUT2D eigenvalue weighted by Gasteiger charge is 2.21. The number of hydrogen-bond donors (Lipinski definition) is 1. The van der Waals surface area contributed by atoms with Crippen molar-refractivity contribution in [2.45, 2.75) is 9.79 Å². The number of halogens is 1. The Bertz CT molecular complexity index is 815. The van der Waals surface area contributed by atoms with Gasteiger partial charge >= 0.3 is 0 Å². The van der Waals surface area contributed by atoms with E-state index in [1.165, 1.54) is 26.5 Å². The van der Waals surface area contributed by atoms with Gasteiger partial charge in [0.25, 0.3) is 0 Å². The molecule has 0 saturated carbocycles. The largest absolute Gasteiger partial charge is 0.395 e. The van der Waals surface area contributed by atoms with Gasteiger partial charge in [-0.25, -0.2) is 0 Å². The predicted molar refractivity (Wildman–Crippen MR) is 109 cm³/mol. The van der Waals surface area contributed by atoms with E-state index >= 15 is 0 Å². The molecular formula is C21H23ClN2OS. The number of β-amino-alcohol motifs (C(OH)–C–C–N with tert-alkyl or cyclic N) is 1. The van der Waals surface area contributed by atoms with Crippen molar-refractivity contribution in [3.8, 4) is 0 Å². The molecule has 136 valence electrons. The van der Waals surface area contributed by atoms with Crippen LogP contribution in [0.1, 0.15) is 11.1 Å². The van der Waals surface area contributed by atoms with Gasteiger partial charge in [0.05, 0.1) is 6.61 Å². The number of aliphatic hydroxyl groups excluding tert-OH is 1. The van der Waals surface area contributed by atoms with Crippen LogP contribution in [-0.2, 0) is 0 Å². The lowest BCUT2D eigenvalue weighted by Gasteiger charge is -2.34. The highest BCUT2D eigenvalue weighted by Crippen LogP contribution is 2.45. The Hall–Kier alpha value is -1.30. The lowest BCUT2D eigenvalue weighted by atomic mass is 9.96. The van der Waals surface area contributed by atoms with Crippen molar-refractivity contribution in [3.05, 3.63) is 64.7 Å². The molecule has 0 bridgehead atoms. The Morgan fingerprint density at radius 3 is 2.50 bits per heavy atom. The van der Waals surface area contributed by atoms with Crippen molar-refractivity contribution >= 4 is 28.9 Å². The van der Waals surface area contributed by atoms with E-state index < -0.39 is 0 Å². The van der Waals surface area contributed by atoms with Gasteiger partial charge in [0.2, 0.25) is 0 Å².